The number of hydrogen-bond acceptors (Lipinski definition) is 3. The second-order valence-corrected chi connectivity index (χ2v) is 3.73. The number of aromatic hydroxyl groups is 1. The number of para-hydroxylation sites is 2. The van der Waals surface area contributed by atoms with Gasteiger partial charge in [-0.2, -0.15) is 0 Å². The third kappa shape index (κ3) is 2.98. The molecule has 0 aliphatic rings. The van der Waals surface area contributed by atoms with Gasteiger partial charge >= 0.3 is 0 Å². The maximum Gasteiger partial charge on any atom is 0.190 e. The third-order valence-electron chi connectivity index (χ3n) is 2.43. The summed E-state index contributed by atoms with van der Waals surface area (Å²) in [4.78, 5) is 11.8. The molecule has 2 aromatic carbocycles. The summed E-state index contributed by atoms with van der Waals surface area (Å²) in [5.74, 6) is -0.247. The van der Waals surface area contributed by atoms with Crippen LogP contribution in [-0.4, -0.2) is 10.9 Å². The Hall–Kier alpha value is -2.55. The average Bonchev–Trinajstić information content (AvgIpc) is 2.40. The van der Waals surface area contributed by atoms with E-state index >= 15 is 0 Å². The lowest BCUT2D eigenvalue weighted by molar-refractivity contribution is 0.104. The number of ketones is 1. The van der Waals surface area contributed by atoms with Crippen molar-refractivity contribution < 1.29 is 9.90 Å². The molecule has 3 heteroatoms. The molecule has 0 saturated carbocycles. The fraction of sp³-hybridized carbons (Fsp3) is 0. The Morgan fingerprint density at radius 2 is 1.67 bits per heavy atom. The highest BCUT2D eigenvalue weighted by Crippen LogP contribution is 2.16. The number of phenolic OH excluding ortho intramolecular Hbond substituents is 1. The molecule has 0 aliphatic heterocycles. The Balaban J connectivity index is 2.02. The second kappa shape index (κ2) is 5.68. The maximum atomic E-state index is 11.8. The topological polar surface area (TPSA) is 49.3 Å². The van der Waals surface area contributed by atoms with Crippen molar-refractivity contribution in [1.29, 1.82) is 0 Å². The summed E-state index contributed by atoms with van der Waals surface area (Å²) >= 11 is 0. The first-order valence-electron chi connectivity index (χ1n) is 5.58. The monoisotopic (exact) mass is 239 g/mol. The summed E-state index contributed by atoms with van der Waals surface area (Å²) in [5, 5.41) is 12.5. The lowest BCUT2D eigenvalue weighted by Gasteiger charge is -2.00. The smallest absolute Gasteiger partial charge is 0.190 e. The Morgan fingerprint density at radius 3 is 2.39 bits per heavy atom. The summed E-state index contributed by atoms with van der Waals surface area (Å²) < 4.78 is 0. The van der Waals surface area contributed by atoms with Crippen LogP contribution in [-0.2, 0) is 0 Å². The molecule has 0 saturated heterocycles. The zero-order valence-corrected chi connectivity index (χ0v) is 9.71. The van der Waals surface area contributed by atoms with Crippen molar-refractivity contribution >= 4 is 11.5 Å². The number of benzene rings is 2. The van der Waals surface area contributed by atoms with E-state index in [9.17, 15) is 9.90 Å². The molecule has 0 heterocycles. The SMILES string of the molecule is O=C(/C=C/Nc1ccccc1)c1ccccc1O. The van der Waals surface area contributed by atoms with Crippen molar-refractivity contribution in [3.05, 3.63) is 72.4 Å². The van der Waals surface area contributed by atoms with Crippen LogP contribution < -0.4 is 5.32 Å². The molecule has 0 amide bonds. The van der Waals surface area contributed by atoms with Crippen LogP contribution in [0.2, 0.25) is 0 Å². The number of hydrogen-bond donors (Lipinski definition) is 2. The highest BCUT2D eigenvalue weighted by Gasteiger charge is 2.05. The first-order valence-corrected chi connectivity index (χ1v) is 5.58. The zero-order chi connectivity index (χ0) is 12.8. The minimum absolute atomic E-state index is 0.00754. The van der Waals surface area contributed by atoms with Crippen LogP contribution in [0.15, 0.2) is 66.9 Å². The lowest BCUT2D eigenvalue weighted by atomic mass is 10.1. The van der Waals surface area contributed by atoms with Crippen molar-refractivity contribution in [2.75, 3.05) is 5.32 Å². The first-order chi connectivity index (χ1) is 8.77. The Bertz CT molecular complexity index is 562. The second-order valence-electron chi connectivity index (χ2n) is 3.73. The van der Waals surface area contributed by atoms with Crippen LogP contribution in [0.25, 0.3) is 0 Å². The number of nitrogens with one attached hydrogen (secondary N) is 1. The van der Waals surface area contributed by atoms with Gasteiger partial charge in [0.25, 0.3) is 0 Å². The van der Waals surface area contributed by atoms with E-state index in [0.717, 1.165) is 5.69 Å². The Labute approximate surface area is 105 Å². The molecule has 0 aromatic heterocycles. The van der Waals surface area contributed by atoms with E-state index in [4.69, 9.17) is 0 Å². The molecular weight excluding hydrogens is 226 g/mol. The molecule has 0 spiro atoms. The average molecular weight is 239 g/mol. The van der Waals surface area contributed by atoms with Crippen molar-refractivity contribution in [1.82, 2.24) is 0 Å². The molecule has 3 nitrogen and oxygen atoms in total. The van der Waals surface area contributed by atoms with E-state index in [2.05, 4.69) is 5.32 Å². The van der Waals surface area contributed by atoms with Gasteiger partial charge in [0, 0.05) is 18.0 Å². The van der Waals surface area contributed by atoms with Gasteiger partial charge < -0.3 is 10.4 Å². The van der Waals surface area contributed by atoms with Gasteiger partial charge in [-0.15, -0.1) is 0 Å². The normalized spacial score (nSPS) is 10.4. The van der Waals surface area contributed by atoms with Crippen LogP contribution in [0.4, 0.5) is 5.69 Å². The molecule has 0 radical (unpaired) electrons. The van der Waals surface area contributed by atoms with Gasteiger partial charge in [0.15, 0.2) is 5.78 Å². The molecule has 18 heavy (non-hydrogen) atoms. The fourth-order valence-corrected chi connectivity index (χ4v) is 1.52. The number of carbonyl (C=O) groups excluding carboxylic acids is 1. The number of rotatable bonds is 4. The Morgan fingerprint density at radius 1 is 1.00 bits per heavy atom. The molecule has 0 unspecified atom stereocenters. The van der Waals surface area contributed by atoms with Gasteiger partial charge in [-0.1, -0.05) is 30.3 Å². The number of phenols is 1. The summed E-state index contributed by atoms with van der Waals surface area (Å²) in [7, 11) is 0. The molecule has 0 aliphatic carbocycles. The van der Waals surface area contributed by atoms with Gasteiger partial charge in [0.1, 0.15) is 5.75 Å². The van der Waals surface area contributed by atoms with Crippen molar-refractivity contribution in [2.24, 2.45) is 0 Å². The summed E-state index contributed by atoms with van der Waals surface area (Å²) in [6.07, 6.45) is 2.95. The molecule has 2 aromatic rings. The van der Waals surface area contributed by atoms with Crippen molar-refractivity contribution in [3.63, 3.8) is 0 Å². The van der Waals surface area contributed by atoms with Crippen LogP contribution in [0.1, 0.15) is 10.4 Å². The first kappa shape index (κ1) is 11.9. The summed E-state index contributed by atoms with van der Waals surface area (Å²) in [6.45, 7) is 0. The van der Waals surface area contributed by atoms with Crippen LogP contribution in [0.5, 0.6) is 5.75 Å². The minimum atomic E-state index is -0.239. The van der Waals surface area contributed by atoms with E-state index < -0.39 is 0 Å². The largest absolute Gasteiger partial charge is 0.507 e. The van der Waals surface area contributed by atoms with Gasteiger partial charge in [-0.25, -0.2) is 0 Å². The molecule has 2 N–H and O–H groups in total. The quantitative estimate of drug-likeness (QED) is 0.636. The predicted octanol–water partition coefficient (Wildman–Crippen LogP) is 3.20. The molecule has 0 bridgehead atoms. The van der Waals surface area contributed by atoms with Crippen molar-refractivity contribution in [3.8, 4) is 5.75 Å². The van der Waals surface area contributed by atoms with Crippen molar-refractivity contribution in [2.45, 2.75) is 0 Å². The molecular formula is C15H13NO2. The van der Waals surface area contributed by atoms with Gasteiger partial charge in [0.05, 0.1) is 5.56 Å². The predicted molar refractivity (Wildman–Crippen MR) is 71.6 cm³/mol. The number of allylic oxidation sites excluding steroid dienone is 1. The standard InChI is InChI=1S/C15H13NO2/c17-14-9-5-4-8-13(14)15(18)10-11-16-12-6-2-1-3-7-12/h1-11,16-17H/b11-10+. The van der Waals surface area contributed by atoms with Gasteiger partial charge in [0.2, 0.25) is 0 Å². The third-order valence-corrected chi connectivity index (χ3v) is 2.43. The van der Waals surface area contributed by atoms with E-state index in [0.29, 0.717) is 5.56 Å². The van der Waals surface area contributed by atoms with Crippen LogP contribution in [0.3, 0.4) is 0 Å². The summed E-state index contributed by atoms with van der Waals surface area (Å²) in [6, 6.07) is 16.0. The Kier molecular flexibility index (Phi) is 3.76. The van der Waals surface area contributed by atoms with E-state index in [1.165, 1.54) is 12.1 Å². The van der Waals surface area contributed by atoms with Crippen LogP contribution in [0, 0.1) is 0 Å². The molecule has 0 atom stereocenters. The zero-order valence-electron chi connectivity index (χ0n) is 9.71. The molecule has 0 fully saturated rings. The van der Waals surface area contributed by atoms with E-state index in [1.807, 2.05) is 30.3 Å². The maximum absolute atomic E-state index is 11.8. The summed E-state index contributed by atoms with van der Waals surface area (Å²) in [5.41, 5.74) is 1.20. The number of carbonyl (C=O) groups is 1. The highest BCUT2D eigenvalue weighted by molar-refractivity contribution is 6.06. The van der Waals surface area contributed by atoms with E-state index in [-0.39, 0.29) is 11.5 Å². The number of anilines is 1. The fourth-order valence-electron chi connectivity index (χ4n) is 1.52. The lowest BCUT2D eigenvalue weighted by Crippen LogP contribution is -1.96. The van der Waals surface area contributed by atoms with Crippen LogP contribution >= 0.6 is 0 Å². The molecule has 2 rings (SSSR count). The van der Waals surface area contributed by atoms with Gasteiger partial charge in [-0.05, 0) is 24.3 Å². The highest BCUT2D eigenvalue weighted by atomic mass is 16.3. The molecule has 90 valence electrons. The van der Waals surface area contributed by atoms with E-state index in [1.54, 1.807) is 24.4 Å². The van der Waals surface area contributed by atoms with Gasteiger partial charge in [-0.3, -0.25) is 4.79 Å². The minimum Gasteiger partial charge on any atom is -0.507 e.